The van der Waals surface area contributed by atoms with Crippen LogP contribution < -0.4 is 5.32 Å². The lowest BCUT2D eigenvalue weighted by molar-refractivity contribution is -0.128. The molecule has 2 atom stereocenters. The van der Waals surface area contributed by atoms with Crippen LogP contribution in [-0.2, 0) is 10.4 Å². The van der Waals surface area contributed by atoms with Crippen molar-refractivity contribution in [2.45, 2.75) is 44.8 Å². The number of fused-ring (bicyclic) bond motifs is 1. The van der Waals surface area contributed by atoms with Crippen LogP contribution in [-0.4, -0.2) is 25.5 Å². The second-order valence-corrected chi connectivity index (χ2v) is 7.75. The smallest absolute Gasteiger partial charge is 0.232 e. The van der Waals surface area contributed by atoms with E-state index in [1.807, 2.05) is 10.6 Å². The van der Waals surface area contributed by atoms with Gasteiger partial charge in [-0.2, -0.15) is 0 Å². The Morgan fingerprint density at radius 1 is 1.38 bits per heavy atom. The van der Waals surface area contributed by atoms with Gasteiger partial charge in [0.25, 0.3) is 0 Å². The van der Waals surface area contributed by atoms with E-state index in [0.717, 1.165) is 30.3 Å². The largest absolute Gasteiger partial charge is 0.383 e. The first-order valence-electron chi connectivity index (χ1n) is 9.76. The van der Waals surface area contributed by atoms with Crippen molar-refractivity contribution < 1.29 is 9.90 Å². The second-order valence-electron chi connectivity index (χ2n) is 7.75. The Morgan fingerprint density at radius 2 is 2.17 bits per heavy atom. The number of carbonyl (C=O) groups is 1. The molecule has 2 N–H and O–H groups in total. The number of hydrogen-bond acceptors (Lipinski definition) is 4. The van der Waals surface area contributed by atoms with Gasteiger partial charge in [-0.3, -0.25) is 15.1 Å². The molecule has 0 aliphatic heterocycles. The van der Waals surface area contributed by atoms with E-state index in [1.54, 1.807) is 50.4 Å². The molecule has 1 aliphatic rings. The van der Waals surface area contributed by atoms with Crippen LogP contribution in [0.3, 0.4) is 0 Å². The molecule has 29 heavy (non-hydrogen) atoms. The highest BCUT2D eigenvalue weighted by molar-refractivity contribution is 5.94. The maximum absolute atomic E-state index is 13.0. The standard InChI is InChI=1S/C22H23N5O2/c1-14(22(2,29)19-9-4-5-12-24-19)20(28)26-21-25-17-11-10-15(23-3)13-18(17)27(21)16-7-6-8-16/h4-5,9-14,16,29H,6-8H2,1-2H3,(H,25,26,28)/t14-,22+/m1/s1. The summed E-state index contributed by atoms with van der Waals surface area (Å²) in [5.74, 6) is -0.617. The van der Waals surface area contributed by atoms with Gasteiger partial charge in [0, 0.05) is 12.2 Å². The first-order chi connectivity index (χ1) is 13.9. The minimum absolute atomic E-state index is 0.253. The van der Waals surface area contributed by atoms with E-state index in [2.05, 4.69) is 20.1 Å². The quantitative estimate of drug-likeness (QED) is 0.641. The number of anilines is 1. The van der Waals surface area contributed by atoms with E-state index in [0.29, 0.717) is 17.3 Å². The molecule has 148 valence electrons. The van der Waals surface area contributed by atoms with Gasteiger partial charge in [0.2, 0.25) is 11.9 Å². The van der Waals surface area contributed by atoms with Crippen LogP contribution >= 0.6 is 0 Å². The third kappa shape index (κ3) is 3.36. The summed E-state index contributed by atoms with van der Waals surface area (Å²) in [6.45, 7) is 10.5. The zero-order valence-electron chi connectivity index (χ0n) is 16.5. The zero-order valence-corrected chi connectivity index (χ0v) is 16.5. The molecule has 0 bridgehead atoms. The van der Waals surface area contributed by atoms with Gasteiger partial charge in [-0.15, -0.1) is 0 Å². The summed E-state index contributed by atoms with van der Waals surface area (Å²) < 4.78 is 2.02. The zero-order chi connectivity index (χ0) is 20.6. The van der Waals surface area contributed by atoms with Gasteiger partial charge in [-0.25, -0.2) is 9.83 Å². The van der Waals surface area contributed by atoms with Crippen molar-refractivity contribution >= 4 is 28.6 Å². The summed E-state index contributed by atoms with van der Waals surface area (Å²) >= 11 is 0. The highest BCUT2D eigenvalue weighted by Gasteiger charge is 2.37. The van der Waals surface area contributed by atoms with Crippen LogP contribution in [0.5, 0.6) is 0 Å². The molecule has 1 aliphatic carbocycles. The number of hydrogen-bond donors (Lipinski definition) is 2. The van der Waals surface area contributed by atoms with Crippen LogP contribution in [0.15, 0.2) is 42.6 Å². The summed E-state index contributed by atoms with van der Waals surface area (Å²) in [5.41, 5.74) is 1.15. The number of nitrogens with zero attached hydrogens (tertiary/aromatic N) is 4. The summed E-state index contributed by atoms with van der Waals surface area (Å²) in [6.07, 6.45) is 4.75. The van der Waals surface area contributed by atoms with E-state index in [9.17, 15) is 9.90 Å². The second kappa shape index (κ2) is 7.30. The normalized spacial score (nSPS) is 17.2. The topological polar surface area (TPSA) is 84.4 Å². The molecule has 3 aromatic rings. The number of benzene rings is 1. The van der Waals surface area contributed by atoms with Crippen LogP contribution in [0.2, 0.25) is 0 Å². The Kier molecular flexibility index (Phi) is 4.81. The van der Waals surface area contributed by atoms with E-state index in [-0.39, 0.29) is 11.9 Å². The summed E-state index contributed by atoms with van der Waals surface area (Å²) in [5, 5.41) is 13.9. The van der Waals surface area contributed by atoms with E-state index < -0.39 is 11.5 Å². The SMILES string of the molecule is [C-]#[N+]c1ccc2nc(NC(=O)[C@@H](C)[C@](C)(O)c3ccccn3)n(C3CCC3)c2c1. The number of amides is 1. The molecular weight excluding hydrogens is 366 g/mol. The van der Waals surface area contributed by atoms with Gasteiger partial charge in [0.15, 0.2) is 5.69 Å². The van der Waals surface area contributed by atoms with Crippen LogP contribution in [0.25, 0.3) is 15.9 Å². The molecule has 0 unspecified atom stereocenters. The van der Waals surface area contributed by atoms with E-state index in [4.69, 9.17) is 6.57 Å². The lowest BCUT2D eigenvalue weighted by Gasteiger charge is -2.31. The Balaban J connectivity index is 1.66. The van der Waals surface area contributed by atoms with Gasteiger partial charge < -0.3 is 9.67 Å². The van der Waals surface area contributed by atoms with Gasteiger partial charge in [-0.05, 0) is 50.5 Å². The molecule has 0 radical (unpaired) electrons. The average molecular weight is 389 g/mol. The predicted octanol–water partition coefficient (Wildman–Crippen LogP) is 4.19. The summed E-state index contributed by atoms with van der Waals surface area (Å²) in [7, 11) is 0. The fraction of sp³-hybridized carbons (Fsp3) is 0.364. The van der Waals surface area contributed by atoms with Crippen molar-refractivity contribution in [1.29, 1.82) is 0 Å². The van der Waals surface area contributed by atoms with Crippen molar-refractivity contribution in [3.05, 3.63) is 59.7 Å². The lowest BCUT2D eigenvalue weighted by Crippen LogP contribution is -2.39. The number of imidazole rings is 1. The molecule has 7 heteroatoms. The van der Waals surface area contributed by atoms with E-state index in [1.165, 1.54) is 0 Å². The first-order valence-corrected chi connectivity index (χ1v) is 9.76. The third-order valence-electron chi connectivity index (χ3n) is 5.90. The maximum Gasteiger partial charge on any atom is 0.232 e. The monoisotopic (exact) mass is 389 g/mol. The molecule has 1 amide bonds. The Labute approximate surface area is 169 Å². The molecule has 7 nitrogen and oxygen atoms in total. The predicted molar refractivity (Wildman–Crippen MR) is 110 cm³/mol. The Hall–Kier alpha value is -3.24. The fourth-order valence-electron chi connectivity index (χ4n) is 3.61. The molecule has 1 fully saturated rings. The van der Waals surface area contributed by atoms with Crippen molar-refractivity contribution in [2.24, 2.45) is 5.92 Å². The van der Waals surface area contributed by atoms with Crippen molar-refractivity contribution in [1.82, 2.24) is 14.5 Å². The summed E-state index contributed by atoms with van der Waals surface area (Å²) in [6, 6.07) is 10.9. The van der Waals surface area contributed by atoms with Gasteiger partial charge in [0.05, 0.1) is 29.2 Å². The lowest BCUT2D eigenvalue weighted by atomic mass is 9.86. The minimum atomic E-state index is -1.42. The number of pyridine rings is 1. The van der Waals surface area contributed by atoms with Crippen LogP contribution in [0.4, 0.5) is 11.6 Å². The van der Waals surface area contributed by atoms with Gasteiger partial charge in [0.1, 0.15) is 5.60 Å². The van der Waals surface area contributed by atoms with Gasteiger partial charge in [-0.1, -0.05) is 19.1 Å². The molecule has 2 heterocycles. The molecule has 1 aromatic carbocycles. The van der Waals surface area contributed by atoms with Crippen molar-refractivity contribution in [2.75, 3.05) is 5.32 Å². The van der Waals surface area contributed by atoms with Gasteiger partial charge >= 0.3 is 0 Å². The molecule has 0 spiro atoms. The summed E-state index contributed by atoms with van der Waals surface area (Å²) in [4.78, 5) is 25.3. The van der Waals surface area contributed by atoms with Crippen LogP contribution in [0, 0.1) is 12.5 Å². The van der Waals surface area contributed by atoms with E-state index >= 15 is 0 Å². The highest BCUT2D eigenvalue weighted by atomic mass is 16.3. The molecular formula is C22H23N5O2. The highest BCUT2D eigenvalue weighted by Crippen LogP contribution is 2.38. The van der Waals surface area contributed by atoms with Crippen molar-refractivity contribution in [3.63, 3.8) is 0 Å². The molecule has 4 rings (SSSR count). The minimum Gasteiger partial charge on any atom is -0.383 e. The first kappa shape index (κ1) is 19.1. The molecule has 1 saturated carbocycles. The number of nitrogens with one attached hydrogen (secondary N) is 1. The molecule has 2 aromatic heterocycles. The number of aliphatic hydroxyl groups is 1. The fourth-order valence-corrected chi connectivity index (χ4v) is 3.61. The molecule has 0 saturated heterocycles. The van der Waals surface area contributed by atoms with Crippen molar-refractivity contribution in [3.8, 4) is 0 Å². The third-order valence-corrected chi connectivity index (χ3v) is 5.90. The van der Waals surface area contributed by atoms with Crippen LogP contribution in [0.1, 0.15) is 44.8 Å². The number of aromatic nitrogens is 3. The number of carbonyl (C=O) groups excluding carboxylic acids is 1. The maximum atomic E-state index is 13.0. The number of rotatable bonds is 5. The Morgan fingerprint density at radius 3 is 2.79 bits per heavy atom. The Bertz CT molecular complexity index is 1090. The average Bonchev–Trinajstić information content (AvgIpc) is 3.03.